The Kier molecular flexibility index (Phi) is 4.98. The molecule has 2 aromatic heterocycles. The maximum absolute atomic E-state index is 11.8. The molecule has 9 heteroatoms. The van der Waals surface area contributed by atoms with Crippen molar-refractivity contribution in [3.05, 3.63) is 60.4 Å². The van der Waals surface area contributed by atoms with Crippen LogP contribution in [0.3, 0.4) is 0 Å². The molecule has 0 radical (unpaired) electrons. The number of sulfone groups is 1. The minimum Gasteiger partial charge on any atom is -0.391 e. The summed E-state index contributed by atoms with van der Waals surface area (Å²) in [5.41, 5.74) is 1.90. The van der Waals surface area contributed by atoms with Crippen LogP contribution in [0.5, 0.6) is 0 Å². The van der Waals surface area contributed by atoms with Gasteiger partial charge >= 0.3 is 0 Å². The zero-order valence-corrected chi connectivity index (χ0v) is 16.0. The number of aliphatic hydroxyl groups is 1. The molecule has 1 aliphatic heterocycles. The third kappa shape index (κ3) is 4.05. The lowest BCUT2D eigenvalue weighted by molar-refractivity contribution is 0.207. The van der Waals surface area contributed by atoms with Crippen molar-refractivity contribution in [2.75, 3.05) is 11.5 Å². The van der Waals surface area contributed by atoms with Gasteiger partial charge in [-0.3, -0.25) is 9.55 Å². The van der Waals surface area contributed by atoms with Gasteiger partial charge in [-0.25, -0.2) is 8.42 Å². The third-order valence-electron chi connectivity index (χ3n) is 4.35. The van der Waals surface area contributed by atoms with E-state index >= 15 is 0 Å². The van der Waals surface area contributed by atoms with E-state index in [2.05, 4.69) is 15.2 Å². The van der Waals surface area contributed by atoms with Gasteiger partial charge < -0.3 is 5.11 Å². The van der Waals surface area contributed by atoms with Crippen LogP contribution in [0.25, 0.3) is 11.4 Å². The lowest BCUT2D eigenvalue weighted by Gasteiger charge is -2.14. The second-order valence-corrected chi connectivity index (χ2v) is 9.78. The first-order chi connectivity index (χ1) is 13.0. The molecule has 0 saturated carbocycles. The predicted molar refractivity (Wildman–Crippen MR) is 103 cm³/mol. The Morgan fingerprint density at radius 2 is 1.93 bits per heavy atom. The number of hydrogen-bond acceptors (Lipinski definition) is 7. The normalized spacial score (nSPS) is 21.4. The number of benzene rings is 1. The molecule has 0 amide bonds. The molecule has 7 nitrogen and oxygen atoms in total. The van der Waals surface area contributed by atoms with Crippen molar-refractivity contribution in [2.45, 2.75) is 23.1 Å². The van der Waals surface area contributed by atoms with Crippen LogP contribution in [0, 0.1) is 0 Å². The molecule has 0 aliphatic carbocycles. The number of pyridine rings is 1. The average molecular weight is 403 g/mol. The van der Waals surface area contributed by atoms with Crippen LogP contribution >= 0.6 is 11.8 Å². The Balaban J connectivity index is 1.70. The standard InChI is InChI=1S/C18H18N4O3S2/c23-15-11-27(24,25)12-16(15)26-18-21-20-17(14-7-4-8-19-9-14)22(18)10-13-5-2-1-3-6-13/h1-9,15-16,23H,10-12H2/t15-,16-/m1/s1. The molecule has 2 atom stereocenters. The highest BCUT2D eigenvalue weighted by Gasteiger charge is 2.38. The highest BCUT2D eigenvalue weighted by atomic mass is 32.2. The zero-order chi connectivity index (χ0) is 18.9. The molecule has 1 aromatic carbocycles. The van der Waals surface area contributed by atoms with Crippen molar-refractivity contribution in [1.29, 1.82) is 0 Å². The zero-order valence-electron chi connectivity index (χ0n) is 14.3. The van der Waals surface area contributed by atoms with Gasteiger partial charge in [-0.05, 0) is 17.7 Å². The van der Waals surface area contributed by atoms with Crippen molar-refractivity contribution < 1.29 is 13.5 Å². The summed E-state index contributed by atoms with van der Waals surface area (Å²) in [5.74, 6) is 0.399. The summed E-state index contributed by atoms with van der Waals surface area (Å²) in [6.45, 7) is 0.538. The fraction of sp³-hybridized carbons (Fsp3) is 0.278. The SMILES string of the molecule is O=S1(=O)C[C@@H](O)[C@H](Sc2nnc(-c3cccnc3)n2Cc2ccccc2)C1. The fourth-order valence-electron chi connectivity index (χ4n) is 3.04. The molecular weight excluding hydrogens is 384 g/mol. The van der Waals surface area contributed by atoms with Crippen molar-refractivity contribution in [1.82, 2.24) is 19.7 Å². The number of aromatic nitrogens is 4. The number of rotatable bonds is 5. The van der Waals surface area contributed by atoms with Gasteiger partial charge in [0.25, 0.3) is 0 Å². The van der Waals surface area contributed by atoms with E-state index in [1.54, 1.807) is 12.4 Å². The smallest absolute Gasteiger partial charge is 0.192 e. The lowest BCUT2D eigenvalue weighted by atomic mass is 10.2. The first-order valence-electron chi connectivity index (χ1n) is 8.44. The van der Waals surface area contributed by atoms with E-state index in [1.807, 2.05) is 47.0 Å². The Morgan fingerprint density at radius 3 is 2.59 bits per heavy atom. The van der Waals surface area contributed by atoms with Crippen LogP contribution in [-0.2, 0) is 16.4 Å². The lowest BCUT2D eigenvalue weighted by Crippen LogP contribution is -2.20. The molecule has 0 spiro atoms. The minimum absolute atomic E-state index is 0.0563. The van der Waals surface area contributed by atoms with Gasteiger partial charge in [-0.2, -0.15) is 0 Å². The molecule has 3 aromatic rings. The first kappa shape index (κ1) is 18.1. The summed E-state index contributed by atoms with van der Waals surface area (Å²) in [4.78, 5) is 4.15. The van der Waals surface area contributed by atoms with E-state index < -0.39 is 21.2 Å². The van der Waals surface area contributed by atoms with E-state index in [-0.39, 0.29) is 11.5 Å². The predicted octanol–water partition coefficient (Wildman–Crippen LogP) is 1.64. The average Bonchev–Trinajstić information content (AvgIpc) is 3.16. The molecule has 3 heterocycles. The highest BCUT2D eigenvalue weighted by molar-refractivity contribution is 8.01. The molecule has 1 saturated heterocycles. The van der Waals surface area contributed by atoms with Crippen LogP contribution in [-0.4, -0.2) is 56.1 Å². The second-order valence-electron chi connectivity index (χ2n) is 6.42. The Labute approximate surface area is 161 Å². The summed E-state index contributed by atoms with van der Waals surface area (Å²) in [6, 6.07) is 13.6. The molecule has 0 unspecified atom stereocenters. The maximum atomic E-state index is 11.8. The molecule has 4 rings (SSSR count). The molecule has 1 fully saturated rings. The highest BCUT2D eigenvalue weighted by Crippen LogP contribution is 2.32. The summed E-state index contributed by atoms with van der Waals surface area (Å²) in [6.07, 6.45) is 2.51. The molecular formula is C18H18N4O3S2. The Hall–Kier alpha value is -2.23. The molecule has 0 bridgehead atoms. The van der Waals surface area contributed by atoms with Gasteiger partial charge in [-0.1, -0.05) is 42.1 Å². The Morgan fingerprint density at radius 1 is 1.11 bits per heavy atom. The maximum Gasteiger partial charge on any atom is 0.192 e. The van der Waals surface area contributed by atoms with Crippen LogP contribution < -0.4 is 0 Å². The number of aliphatic hydroxyl groups excluding tert-OH is 1. The van der Waals surface area contributed by atoms with Gasteiger partial charge in [0.2, 0.25) is 0 Å². The summed E-state index contributed by atoms with van der Waals surface area (Å²) >= 11 is 1.26. The van der Waals surface area contributed by atoms with E-state index in [4.69, 9.17) is 0 Å². The van der Waals surface area contributed by atoms with E-state index in [1.165, 1.54) is 11.8 Å². The number of thioether (sulfide) groups is 1. The number of hydrogen-bond donors (Lipinski definition) is 1. The molecule has 1 N–H and O–H groups in total. The van der Waals surface area contributed by atoms with Gasteiger partial charge in [0.15, 0.2) is 20.8 Å². The van der Waals surface area contributed by atoms with Crippen molar-refractivity contribution in [2.24, 2.45) is 0 Å². The fourth-order valence-corrected chi connectivity index (χ4v) is 6.56. The van der Waals surface area contributed by atoms with E-state index in [0.717, 1.165) is 11.1 Å². The number of nitrogens with zero attached hydrogens (tertiary/aromatic N) is 4. The third-order valence-corrected chi connectivity index (χ3v) is 7.57. The van der Waals surface area contributed by atoms with Gasteiger partial charge in [-0.15, -0.1) is 10.2 Å². The van der Waals surface area contributed by atoms with Gasteiger partial charge in [0, 0.05) is 18.0 Å². The van der Waals surface area contributed by atoms with Gasteiger partial charge in [0.1, 0.15) is 0 Å². The summed E-state index contributed by atoms with van der Waals surface area (Å²) in [7, 11) is -3.22. The van der Waals surface area contributed by atoms with Crippen LogP contribution in [0.2, 0.25) is 0 Å². The first-order valence-corrected chi connectivity index (χ1v) is 11.1. The minimum atomic E-state index is -3.22. The van der Waals surface area contributed by atoms with Crippen LogP contribution in [0.1, 0.15) is 5.56 Å². The van der Waals surface area contributed by atoms with Crippen LogP contribution in [0.15, 0.2) is 60.0 Å². The summed E-state index contributed by atoms with van der Waals surface area (Å²) < 4.78 is 25.6. The van der Waals surface area contributed by atoms with Gasteiger partial charge in [0.05, 0.1) is 29.4 Å². The van der Waals surface area contributed by atoms with Crippen molar-refractivity contribution in [3.63, 3.8) is 0 Å². The molecule has 1 aliphatic rings. The monoisotopic (exact) mass is 402 g/mol. The van der Waals surface area contributed by atoms with Crippen LogP contribution in [0.4, 0.5) is 0 Å². The van der Waals surface area contributed by atoms with Crippen molar-refractivity contribution >= 4 is 21.6 Å². The molecule has 140 valence electrons. The largest absolute Gasteiger partial charge is 0.391 e. The van der Waals surface area contributed by atoms with Crippen molar-refractivity contribution in [3.8, 4) is 11.4 Å². The summed E-state index contributed by atoms with van der Waals surface area (Å²) in [5, 5.41) is 18.8. The second kappa shape index (κ2) is 7.41. The Bertz CT molecular complexity index is 1020. The quantitative estimate of drug-likeness (QED) is 0.693. The molecule has 27 heavy (non-hydrogen) atoms. The topological polar surface area (TPSA) is 98.0 Å². The van der Waals surface area contributed by atoms with E-state index in [0.29, 0.717) is 17.5 Å². The van der Waals surface area contributed by atoms with E-state index in [9.17, 15) is 13.5 Å².